The summed E-state index contributed by atoms with van der Waals surface area (Å²) in [5.74, 6) is 1.40. The van der Waals surface area contributed by atoms with Crippen molar-refractivity contribution in [2.24, 2.45) is 0 Å². The zero-order chi connectivity index (χ0) is 16.5. The summed E-state index contributed by atoms with van der Waals surface area (Å²) in [6.07, 6.45) is 4.29. The van der Waals surface area contributed by atoms with Gasteiger partial charge in [-0.1, -0.05) is 46.3 Å². The maximum Gasteiger partial charge on any atom is 0.257 e. The number of hydrogen-bond donors (Lipinski definition) is 0. The van der Waals surface area contributed by atoms with Crippen LogP contribution in [0.15, 0.2) is 65.3 Å². The lowest BCUT2D eigenvalue weighted by molar-refractivity contribution is -0.689. The van der Waals surface area contributed by atoms with E-state index in [2.05, 4.69) is 55.5 Å². The summed E-state index contributed by atoms with van der Waals surface area (Å²) in [4.78, 5) is 12.6. The molecule has 2 aromatic carbocycles. The fraction of sp³-hybridized carbons (Fsp3) is 0.200. The highest BCUT2D eigenvalue weighted by molar-refractivity contribution is 9.10. The average Bonchev–Trinajstić information content (AvgIpc) is 3.20. The van der Waals surface area contributed by atoms with Crippen LogP contribution < -0.4 is 4.57 Å². The second kappa shape index (κ2) is 6.36. The summed E-state index contributed by atoms with van der Waals surface area (Å²) in [5.41, 5.74) is 3.15. The molecule has 0 radical (unpaired) electrons. The van der Waals surface area contributed by atoms with Crippen LogP contribution in [0.4, 0.5) is 0 Å². The second-order valence-electron chi connectivity index (χ2n) is 6.11. The number of benzene rings is 2. The molecule has 1 aliphatic rings. The van der Waals surface area contributed by atoms with E-state index >= 15 is 0 Å². The number of rotatable bonds is 4. The van der Waals surface area contributed by atoms with E-state index in [1.165, 1.54) is 17.1 Å². The van der Waals surface area contributed by atoms with Crippen molar-refractivity contribution < 1.29 is 9.36 Å². The molecule has 1 aliphatic heterocycles. The Kier molecular flexibility index (Phi) is 4.07. The lowest BCUT2D eigenvalue weighted by atomic mass is 10.1. The summed E-state index contributed by atoms with van der Waals surface area (Å²) in [5, 5.41) is 0. The van der Waals surface area contributed by atoms with E-state index in [1.807, 2.05) is 30.3 Å². The van der Waals surface area contributed by atoms with Gasteiger partial charge in [0.1, 0.15) is 6.20 Å². The number of hydrogen-bond acceptors (Lipinski definition) is 1. The molecule has 0 saturated heterocycles. The SMILES string of the molecule is O=C(C[n+]1cc(-c2ccc(Br)cc2)n2c1CCC2)c1ccccc1. The number of carbonyl (C=O) groups is 1. The molecule has 4 rings (SSSR count). The number of Topliss-reactive ketones (excluding diaryl/α,β-unsaturated/α-hetero) is 1. The molecule has 120 valence electrons. The van der Waals surface area contributed by atoms with Gasteiger partial charge in [0.05, 0.1) is 13.0 Å². The van der Waals surface area contributed by atoms with E-state index in [9.17, 15) is 4.79 Å². The van der Waals surface area contributed by atoms with E-state index < -0.39 is 0 Å². The van der Waals surface area contributed by atoms with Crippen molar-refractivity contribution in [3.05, 3.63) is 76.7 Å². The van der Waals surface area contributed by atoms with Crippen LogP contribution >= 0.6 is 15.9 Å². The molecule has 0 unspecified atom stereocenters. The first kappa shape index (κ1) is 15.3. The highest BCUT2D eigenvalue weighted by Gasteiger charge is 2.29. The van der Waals surface area contributed by atoms with Crippen LogP contribution in [0.2, 0.25) is 0 Å². The molecule has 1 aromatic heterocycles. The summed E-state index contributed by atoms with van der Waals surface area (Å²) in [6, 6.07) is 17.9. The highest BCUT2D eigenvalue weighted by atomic mass is 79.9. The van der Waals surface area contributed by atoms with Gasteiger partial charge in [-0.05, 0) is 30.7 Å². The Labute approximate surface area is 149 Å². The zero-order valence-electron chi connectivity index (χ0n) is 13.3. The normalized spacial score (nSPS) is 13.0. The Bertz CT molecular complexity index is 882. The topological polar surface area (TPSA) is 25.9 Å². The predicted octanol–water partition coefficient (Wildman–Crippen LogP) is 4.03. The average molecular weight is 382 g/mol. The quantitative estimate of drug-likeness (QED) is 0.494. The van der Waals surface area contributed by atoms with Gasteiger partial charge in [-0.3, -0.25) is 4.79 Å². The first-order valence-corrected chi connectivity index (χ1v) is 8.98. The van der Waals surface area contributed by atoms with Crippen molar-refractivity contribution in [2.75, 3.05) is 0 Å². The molecule has 3 nitrogen and oxygen atoms in total. The Morgan fingerprint density at radius 1 is 1.08 bits per heavy atom. The van der Waals surface area contributed by atoms with Crippen LogP contribution in [0.5, 0.6) is 0 Å². The zero-order valence-corrected chi connectivity index (χ0v) is 14.9. The third-order valence-corrected chi connectivity index (χ3v) is 5.07. The Balaban J connectivity index is 1.69. The van der Waals surface area contributed by atoms with Crippen molar-refractivity contribution in [3.8, 4) is 11.3 Å². The van der Waals surface area contributed by atoms with Crippen molar-refractivity contribution in [1.82, 2.24) is 4.57 Å². The van der Waals surface area contributed by atoms with E-state index in [1.54, 1.807) is 0 Å². The summed E-state index contributed by atoms with van der Waals surface area (Å²) in [6.45, 7) is 1.42. The minimum Gasteiger partial charge on any atom is -0.290 e. The molecular formula is C20H18BrN2O+. The van der Waals surface area contributed by atoms with Crippen molar-refractivity contribution in [2.45, 2.75) is 25.9 Å². The van der Waals surface area contributed by atoms with E-state index in [-0.39, 0.29) is 5.78 Å². The molecular weight excluding hydrogens is 364 g/mol. The van der Waals surface area contributed by atoms with E-state index in [0.29, 0.717) is 6.54 Å². The largest absolute Gasteiger partial charge is 0.290 e. The molecule has 0 atom stereocenters. The van der Waals surface area contributed by atoms with Gasteiger partial charge in [-0.2, -0.15) is 0 Å². The minimum absolute atomic E-state index is 0.156. The maximum absolute atomic E-state index is 12.6. The Morgan fingerprint density at radius 2 is 1.83 bits per heavy atom. The van der Waals surface area contributed by atoms with Gasteiger partial charge < -0.3 is 0 Å². The lowest BCUT2D eigenvalue weighted by Gasteiger charge is -1.99. The monoisotopic (exact) mass is 381 g/mol. The molecule has 0 bridgehead atoms. The van der Waals surface area contributed by atoms with Crippen LogP contribution in [-0.2, 0) is 19.5 Å². The van der Waals surface area contributed by atoms with Gasteiger partial charge in [0.25, 0.3) is 5.82 Å². The van der Waals surface area contributed by atoms with Gasteiger partial charge in [-0.25, -0.2) is 9.13 Å². The first-order chi connectivity index (χ1) is 11.7. The molecule has 0 amide bonds. The number of imidazole rings is 1. The molecule has 3 aromatic rings. The van der Waals surface area contributed by atoms with E-state index in [0.717, 1.165) is 29.4 Å². The number of nitrogens with zero attached hydrogens (tertiary/aromatic N) is 2. The van der Waals surface area contributed by atoms with Crippen molar-refractivity contribution >= 4 is 21.7 Å². The maximum atomic E-state index is 12.6. The standard InChI is InChI=1S/C20H18BrN2O/c21-17-10-8-15(9-11-17)18-13-22(20-7-4-12-23(18)20)14-19(24)16-5-2-1-3-6-16/h1-3,5-6,8-11,13H,4,7,12,14H2/q+1. The number of carbonyl (C=O) groups excluding carboxylic acids is 1. The Hall–Kier alpha value is -2.20. The summed E-state index contributed by atoms with van der Waals surface area (Å²) < 4.78 is 5.55. The van der Waals surface area contributed by atoms with Crippen LogP contribution in [0.25, 0.3) is 11.3 Å². The molecule has 0 fully saturated rings. The van der Waals surface area contributed by atoms with Gasteiger partial charge in [0.15, 0.2) is 12.2 Å². The van der Waals surface area contributed by atoms with Crippen molar-refractivity contribution in [3.63, 3.8) is 0 Å². The highest BCUT2D eigenvalue weighted by Crippen LogP contribution is 2.26. The summed E-state index contributed by atoms with van der Waals surface area (Å²) >= 11 is 3.49. The van der Waals surface area contributed by atoms with Crippen molar-refractivity contribution in [1.29, 1.82) is 0 Å². The molecule has 2 heterocycles. The third kappa shape index (κ3) is 2.82. The van der Waals surface area contributed by atoms with Crippen LogP contribution in [0.1, 0.15) is 22.6 Å². The van der Waals surface area contributed by atoms with Gasteiger partial charge in [-0.15, -0.1) is 0 Å². The fourth-order valence-corrected chi connectivity index (χ4v) is 3.63. The first-order valence-electron chi connectivity index (χ1n) is 8.18. The Morgan fingerprint density at radius 3 is 2.58 bits per heavy atom. The van der Waals surface area contributed by atoms with Crippen LogP contribution in [0, 0.1) is 0 Å². The number of halogens is 1. The number of aromatic nitrogens is 2. The molecule has 24 heavy (non-hydrogen) atoms. The fourth-order valence-electron chi connectivity index (χ4n) is 3.37. The molecule has 0 aliphatic carbocycles. The van der Waals surface area contributed by atoms with Crippen LogP contribution in [0.3, 0.4) is 0 Å². The number of ketones is 1. The lowest BCUT2D eigenvalue weighted by Crippen LogP contribution is -2.40. The van der Waals surface area contributed by atoms with Gasteiger partial charge >= 0.3 is 0 Å². The third-order valence-electron chi connectivity index (χ3n) is 4.54. The summed E-state index contributed by atoms with van der Waals surface area (Å²) in [7, 11) is 0. The van der Waals surface area contributed by atoms with E-state index in [4.69, 9.17) is 0 Å². The molecule has 4 heteroatoms. The van der Waals surface area contributed by atoms with Crippen LogP contribution in [-0.4, -0.2) is 10.4 Å². The predicted molar refractivity (Wildman–Crippen MR) is 96.9 cm³/mol. The molecule has 0 saturated carbocycles. The smallest absolute Gasteiger partial charge is 0.257 e. The van der Waals surface area contributed by atoms with Gasteiger partial charge in [0.2, 0.25) is 5.78 Å². The second-order valence-corrected chi connectivity index (χ2v) is 7.03. The molecule has 0 N–H and O–H groups in total. The van der Waals surface area contributed by atoms with Gasteiger partial charge in [0, 0.05) is 15.6 Å². The minimum atomic E-state index is 0.156. The molecule has 0 spiro atoms. The number of fused-ring (bicyclic) bond motifs is 1.